The lowest BCUT2D eigenvalue weighted by atomic mass is 10.0. The van der Waals surface area contributed by atoms with Crippen LogP contribution in [0.1, 0.15) is 27.0 Å². The molecule has 0 aliphatic carbocycles. The fourth-order valence-electron chi connectivity index (χ4n) is 3.23. The number of amides is 1. The largest absolute Gasteiger partial charge is 0.493 e. The molecule has 0 radical (unpaired) electrons. The van der Waals surface area contributed by atoms with Crippen LogP contribution in [0.2, 0.25) is 0 Å². The van der Waals surface area contributed by atoms with Crippen molar-refractivity contribution in [3.05, 3.63) is 69.0 Å². The van der Waals surface area contributed by atoms with Gasteiger partial charge in [0.1, 0.15) is 0 Å². The predicted octanol–water partition coefficient (Wildman–Crippen LogP) is 3.13. The minimum absolute atomic E-state index is 0.130. The molecule has 0 saturated carbocycles. The summed E-state index contributed by atoms with van der Waals surface area (Å²) in [5.74, 6) is 0.600. The number of carbonyl (C=O) groups is 1. The van der Waals surface area contributed by atoms with E-state index in [2.05, 4.69) is 10.3 Å². The quantitative estimate of drug-likeness (QED) is 0.688. The zero-order valence-electron chi connectivity index (χ0n) is 16.5. The fourth-order valence-corrected chi connectivity index (χ4v) is 3.23. The molecule has 0 fully saturated rings. The number of benzene rings is 2. The Morgan fingerprint density at radius 1 is 1.11 bits per heavy atom. The Morgan fingerprint density at radius 2 is 1.89 bits per heavy atom. The normalized spacial score (nSPS) is 10.7. The molecule has 2 N–H and O–H groups in total. The van der Waals surface area contributed by atoms with Crippen molar-refractivity contribution in [3.63, 3.8) is 0 Å². The van der Waals surface area contributed by atoms with Gasteiger partial charge in [0.2, 0.25) is 0 Å². The van der Waals surface area contributed by atoms with E-state index >= 15 is 0 Å². The molecule has 3 rings (SSSR count). The second-order valence-electron chi connectivity index (χ2n) is 6.64. The molecule has 1 aromatic heterocycles. The van der Waals surface area contributed by atoms with Gasteiger partial charge in [-0.2, -0.15) is 0 Å². The number of ether oxygens (including phenoxy) is 2. The van der Waals surface area contributed by atoms with E-state index in [1.54, 1.807) is 18.2 Å². The van der Waals surface area contributed by atoms with E-state index < -0.39 is 0 Å². The zero-order chi connectivity index (χ0) is 20.3. The summed E-state index contributed by atoms with van der Waals surface area (Å²) in [5, 5.41) is 3.83. The third-order valence-corrected chi connectivity index (χ3v) is 4.96. The van der Waals surface area contributed by atoms with Crippen molar-refractivity contribution in [1.29, 1.82) is 0 Å². The van der Waals surface area contributed by atoms with Crippen molar-refractivity contribution < 1.29 is 14.3 Å². The van der Waals surface area contributed by atoms with Crippen LogP contribution < -0.4 is 20.3 Å². The number of para-hydroxylation sites is 1. The van der Waals surface area contributed by atoms with Gasteiger partial charge in [-0.1, -0.05) is 18.2 Å². The Balaban J connectivity index is 1.75. The standard InChI is InChI=1S/C22H24N2O4/c1-13-8-9-15-12-16(21(25)24-19(15)14(13)2)10-11-23-22(26)17-6-5-7-18(27-3)20(17)28-4/h5-9,12H,10-11H2,1-4H3,(H,23,26)(H,24,25). The van der Waals surface area contributed by atoms with E-state index in [1.165, 1.54) is 14.2 Å². The van der Waals surface area contributed by atoms with Crippen LogP contribution in [-0.4, -0.2) is 31.7 Å². The minimum Gasteiger partial charge on any atom is -0.493 e. The lowest BCUT2D eigenvalue weighted by Crippen LogP contribution is -2.28. The van der Waals surface area contributed by atoms with Crippen molar-refractivity contribution in [1.82, 2.24) is 10.3 Å². The Hall–Kier alpha value is -3.28. The molecule has 0 saturated heterocycles. The van der Waals surface area contributed by atoms with Gasteiger partial charge in [-0.25, -0.2) is 0 Å². The number of hydrogen-bond donors (Lipinski definition) is 2. The van der Waals surface area contributed by atoms with Gasteiger partial charge in [-0.05, 0) is 55.0 Å². The highest BCUT2D eigenvalue weighted by Crippen LogP contribution is 2.30. The van der Waals surface area contributed by atoms with E-state index in [0.29, 0.717) is 35.6 Å². The van der Waals surface area contributed by atoms with Gasteiger partial charge >= 0.3 is 0 Å². The number of hydrogen-bond acceptors (Lipinski definition) is 4. The summed E-state index contributed by atoms with van der Waals surface area (Å²) in [6, 6.07) is 11.1. The molecule has 0 unspecified atom stereocenters. The average molecular weight is 380 g/mol. The number of carbonyl (C=O) groups excluding carboxylic acids is 1. The topological polar surface area (TPSA) is 80.4 Å². The minimum atomic E-state index is -0.278. The Bertz CT molecular complexity index is 1090. The van der Waals surface area contributed by atoms with Crippen LogP contribution in [0.3, 0.4) is 0 Å². The van der Waals surface area contributed by atoms with E-state index in [-0.39, 0.29) is 11.5 Å². The van der Waals surface area contributed by atoms with Crippen molar-refractivity contribution in [2.45, 2.75) is 20.3 Å². The number of pyridine rings is 1. The molecule has 0 atom stereocenters. The molecule has 0 spiro atoms. The molecular weight excluding hydrogens is 356 g/mol. The van der Waals surface area contributed by atoms with Gasteiger partial charge in [0.05, 0.1) is 25.3 Å². The first-order valence-corrected chi connectivity index (χ1v) is 9.07. The van der Waals surface area contributed by atoms with E-state index in [9.17, 15) is 9.59 Å². The number of aromatic nitrogens is 1. The number of fused-ring (bicyclic) bond motifs is 1. The van der Waals surface area contributed by atoms with Crippen LogP contribution in [0.5, 0.6) is 11.5 Å². The summed E-state index contributed by atoms with van der Waals surface area (Å²) in [6.07, 6.45) is 0.427. The molecular formula is C22H24N2O4. The van der Waals surface area contributed by atoms with Gasteiger partial charge in [0.15, 0.2) is 11.5 Å². The molecule has 28 heavy (non-hydrogen) atoms. The zero-order valence-corrected chi connectivity index (χ0v) is 16.5. The van der Waals surface area contributed by atoms with E-state index in [4.69, 9.17) is 9.47 Å². The van der Waals surface area contributed by atoms with Crippen LogP contribution in [0.25, 0.3) is 10.9 Å². The molecule has 0 aliphatic rings. The van der Waals surface area contributed by atoms with Crippen LogP contribution in [0.15, 0.2) is 41.2 Å². The first-order valence-electron chi connectivity index (χ1n) is 9.07. The molecule has 6 heteroatoms. The first kappa shape index (κ1) is 19.5. The maximum Gasteiger partial charge on any atom is 0.255 e. The Labute approximate surface area is 163 Å². The third-order valence-electron chi connectivity index (χ3n) is 4.96. The van der Waals surface area contributed by atoms with Crippen molar-refractivity contribution in [2.24, 2.45) is 0 Å². The first-order chi connectivity index (χ1) is 13.5. The van der Waals surface area contributed by atoms with Gasteiger partial charge in [-0.15, -0.1) is 0 Å². The molecule has 1 amide bonds. The molecule has 0 aliphatic heterocycles. The summed E-state index contributed by atoms with van der Waals surface area (Å²) in [5.41, 5.74) is 3.96. The maximum absolute atomic E-state index is 12.5. The smallest absolute Gasteiger partial charge is 0.255 e. The number of aryl methyl sites for hydroxylation is 2. The summed E-state index contributed by atoms with van der Waals surface area (Å²) < 4.78 is 10.5. The SMILES string of the molecule is COc1cccc(C(=O)NCCc2cc3ccc(C)c(C)c3[nH]c2=O)c1OC. The summed E-state index contributed by atoms with van der Waals surface area (Å²) >= 11 is 0. The molecule has 146 valence electrons. The van der Waals surface area contributed by atoms with Crippen molar-refractivity contribution in [2.75, 3.05) is 20.8 Å². The molecule has 1 heterocycles. The highest BCUT2D eigenvalue weighted by molar-refractivity contribution is 5.97. The molecule has 3 aromatic rings. The second kappa shape index (κ2) is 8.17. The summed E-state index contributed by atoms with van der Waals surface area (Å²) in [6.45, 7) is 4.34. The summed E-state index contributed by atoms with van der Waals surface area (Å²) in [4.78, 5) is 27.9. The molecule has 0 bridgehead atoms. The third kappa shape index (κ3) is 3.71. The lowest BCUT2D eigenvalue weighted by molar-refractivity contribution is 0.0950. The van der Waals surface area contributed by atoms with E-state index in [0.717, 1.165) is 22.0 Å². The predicted molar refractivity (Wildman–Crippen MR) is 110 cm³/mol. The highest BCUT2D eigenvalue weighted by Gasteiger charge is 2.16. The van der Waals surface area contributed by atoms with Crippen LogP contribution >= 0.6 is 0 Å². The Kier molecular flexibility index (Phi) is 5.68. The monoisotopic (exact) mass is 380 g/mol. The van der Waals surface area contributed by atoms with Crippen LogP contribution in [-0.2, 0) is 6.42 Å². The van der Waals surface area contributed by atoms with Crippen molar-refractivity contribution >= 4 is 16.8 Å². The lowest BCUT2D eigenvalue weighted by Gasteiger charge is -2.12. The van der Waals surface area contributed by atoms with Gasteiger partial charge in [0, 0.05) is 12.1 Å². The maximum atomic E-state index is 12.5. The van der Waals surface area contributed by atoms with E-state index in [1.807, 2.05) is 32.0 Å². The molecule has 6 nitrogen and oxygen atoms in total. The van der Waals surface area contributed by atoms with Gasteiger partial charge in [-0.3, -0.25) is 9.59 Å². The summed E-state index contributed by atoms with van der Waals surface area (Å²) in [7, 11) is 3.02. The Morgan fingerprint density at radius 3 is 2.61 bits per heavy atom. The number of nitrogens with one attached hydrogen (secondary N) is 2. The van der Waals surface area contributed by atoms with Crippen LogP contribution in [0.4, 0.5) is 0 Å². The number of methoxy groups -OCH3 is 2. The fraction of sp³-hybridized carbons (Fsp3) is 0.273. The van der Waals surface area contributed by atoms with Crippen molar-refractivity contribution in [3.8, 4) is 11.5 Å². The average Bonchev–Trinajstić information content (AvgIpc) is 2.71. The van der Waals surface area contributed by atoms with Gasteiger partial charge in [0.25, 0.3) is 11.5 Å². The number of rotatable bonds is 6. The molecule has 2 aromatic carbocycles. The highest BCUT2D eigenvalue weighted by atomic mass is 16.5. The number of aromatic amines is 1. The van der Waals surface area contributed by atoms with Crippen LogP contribution in [0, 0.1) is 13.8 Å². The van der Waals surface area contributed by atoms with Gasteiger partial charge < -0.3 is 19.8 Å². The number of H-pyrrole nitrogens is 1. The second-order valence-corrected chi connectivity index (χ2v) is 6.64.